The molecule has 0 aliphatic carbocycles. The molecule has 1 rings (SSSR count). The zero-order valence-corrected chi connectivity index (χ0v) is 12.1. The van der Waals surface area contributed by atoms with Crippen LogP contribution in [0.5, 0.6) is 0 Å². The third-order valence-electron chi connectivity index (χ3n) is 2.71. The van der Waals surface area contributed by atoms with Gasteiger partial charge in [-0.15, -0.1) is 11.3 Å². The van der Waals surface area contributed by atoms with Crippen molar-refractivity contribution in [3.8, 4) is 0 Å². The second kappa shape index (κ2) is 6.47. The van der Waals surface area contributed by atoms with Crippen LogP contribution in [0.1, 0.15) is 44.8 Å². The van der Waals surface area contributed by atoms with E-state index in [1.54, 1.807) is 11.3 Å². The summed E-state index contributed by atoms with van der Waals surface area (Å²) in [5, 5.41) is 15.5. The fraction of sp³-hybridized carbons (Fsp3) is 0.769. The van der Waals surface area contributed by atoms with Gasteiger partial charge in [0.25, 0.3) is 0 Å². The first-order valence-electron chi connectivity index (χ1n) is 6.20. The van der Waals surface area contributed by atoms with Gasteiger partial charge in [-0.3, -0.25) is 0 Å². The number of nitrogens with zero attached hydrogens (tertiary/aromatic N) is 1. The van der Waals surface area contributed by atoms with E-state index in [9.17, 15) is 0 Å². The Kier molecular flexibility index (Phi) is 5.56. The molecule has 17 heavy (non-hydrogen) atoms. The molecule has 1 atom stereocenters. The van der Waals surface area contributed by atoms with E-state index in [1.807, 2.05) is 0 Å². The minimum Gasteiger partial charge on any atom is -0.396 e. The molecule has 0 radical (unpaired) electrons. The summed E-state index contributed by atoms with van der Waals surface area (Å²) in [6.07, 6.45) is 0.859. The summed E-state index contributed by atoms with van der Waals surface area (Å²) in [6, 6.07) is 0. The third kappa shape index (κ3) is 5.15. The largest absolute Gasteiger partial charge is 0.396 e. The smallest absolute Gasteiger partial charge is 0.107 e. The van der Waals surface area contributed by atoms with Gasteiger partial charge in [-0.2, -0.15) is 0 Å². The normalized spacial score (nSPS) is 13.9. The molecule has 0 aromatic carbocycles. The van der Waals surface area contributed by atoms with Crippen molar-refractivity contribution in [1.82, 2.24) is 10.3 Å². The summed E-state index contributed by atoms with van der Waals surface area (Å²) in [5.41, 5.74) is 1.31. The van der Waals surface area contributed by atoms with Gasteiger partial charge in [-0.25, -0.2) is 4.98 Å². The Morgan fingerprint density at radius 2 is 2.18 bits per heavy atom. The topological polar surface area (TPSA) is 45.1 Å². The van der Waals surface area contributed by atoms with Gasteiger partial charge >= 0.3 is 0 Å². The average molecular weight is 256 g/mol. The lowest BCUT2D eigenvalue weighted by atomic mass is 9.93. The zero-order chi connectivity index (χ0) is 12.9. The monoisotopic (exact) mass is 256 g/mol. The van der Waals surface area contributed by atoms with Crippen LogP contribution < -0.4 is 5.32 Å². The molecule has 0 spiro atoms. The number of thiazole rings is 1. The Bertz CT molecular complexity index is 330. The van der Waals surface area contributed by atoms with Crippen molar-refractivity contribution in [2.24, 2.45) is 5.92 Å². The molecule has 0 saturated heterocycles. The van der Waals surface area contributed by atoms with Crippen LogP contribution in [0.15, 0.2) is 5.38 Å². The molecule has 1 heterocycles. The van der Waals surface area contributed by atoms with E-state index in [-0.39, 0.29) is 12.0 Å². The maximum absolute atomic E-state index is 8.81. The van der Waals surface area contributed by atoms with Gasteiger partial charge < -0.3 is 10.4 Å². The first-order valence-corrected chi connectivity index (χ1v) is 7.08. The Morgan fingerprint density at radius 3 is 2.71 bits per heavy atom. The highest BCUT2D eigenvalue weighted by atomic mass is 32.1. The third-order valence-corrected chi connectivity index (χ3v) is 3.56. The molecule has 2 N–H and O–H groups in total. The molecule has 4 heteroatoms. The summed E-state index contributed by atoms with van der Waals surface area (Å²) in [4.78, 5) is 4.63. The van der Waals surface area contributed by atoms with Crippen molar-refractivity contribution in [3.05, 3.63) is 16.1 Å². The van der Waals surface area contributed by atoms with Gasteiger partial charge in [-0.1, -0.05) is 27.7 Å². The van der Waals surface area contributed by atoms with Crippen molar-refractivity contribution >= 4 is 11.3 Å². The molecule has 0 aliphatic rings. The quantitative estimate of drug-likeness (QED) is 0.822. The van der Waals surface area contributed by atoms with Gasteiger partial charge in [0, 0.05) is 23.9 Å². The van der Waals surface area contributed by atoms with Gasteiger partial charge in [0.15, 0.2) is 0 Å². The van der Waals surface area contributed by atoms with Crippen LogP contribution >= 0.6 is 11.3 Å². The van der Waals surface area contributed by atoms with Crippen molar-refractivity contribution in [2.45, 2.75) is 46.1 Å². The zero-order valence-electron chi connectivity index (χ0n) is 11.3. The van der Waals surface area contributed by atoms with Crippen molar-refractivity contribution < 1.29 is 5.11 Å². The molecule has 0 bridgehead atoms. The van der Waals surface area contributed by atoms with Crippen molar-refractivity contribution in [2.75, 3.05) is 13.2 Å². The number of nitrogens with one attached hydrogen (secondary N) is 1. The van der Waals surface area contributed by atoms with E-state index in [2.05, 4.69) is 43.4 Å². The van der Waals surface area contributed by atoms with Crippen LogP contribution in [0, 0.1) is 5.92 Å². The molecule has 3 nitrogen and oxygen atoms in total. The Morgan fingerprint density at radius 1 is 1.47 bits per heavy atom. The Hall–Kier alpha value is -0.450. The van der Waals surface area contributed by atoms with Crippen LogP contribution in [0.4, 0.5) is 0 Å². The van der Waals surface area contributed by atoms with Crippen LogP contribution in [-0.2, 0) is 12.0 Å². The lowest BCUT2D eigenvalue weighted by molar-refractivity contribution is 0.260. The molecular weight excluding hydrogens is 232 g/mol. The van der Waals surface area contributed by atoms with Crippen molar-refractivity contribution in [3.63, 3.8) is 0 Å². The summed E-state index contributed by atoms with van der Waals surface area (Å²) >= 11 is 1.72. The molecule has 0 amide bonds. The summed E-state index contributed by atoms with van der Waals surface area (Å²) in [7, 11) is 0. The second-order valence-corrected chi connectivity index (χ2v) is 6.57. The standard InChI is InChI=1S/C13H24N2OS/c1-10(5-6-16)7-14-8-12-15-11(9-17-12)13(2,3)4/h9-10,14,16H,5-8H2,1-4H3. The highest BCUT2D eigenvalue weighted by Gasteiger charge is 2.17. The number of hydrogen-bond donors (Lipinski definition) is 2. The van der Waals surface area contributed by atoms with E-state index in [4.69, 9.17) is 5.11 Å². The predicted octanol–water partition coefficient (Wildman–Crippen LogP) is 2.55. The number of aliphatic hydroxyl groups excluding tert-OH is 1. The average Bonchev–Trinajstić information content (AvgIpc) is 2.66. The second-order valence-electron chi connectivity index (χ2n) is 5.62. The molecule has 98 valence electrons. The molecule has 0 fully saturated rings. The molecular formula is C13H24N2OS. The summed E-state index contributed by atoms with van der Waals surface area (Å²) < 4.78 is 0. The van der Waals surface area contributed by atoms with E-state index in [0.29, 0.717) is 5.92 Å². The molecule has 1 unspecified atom stereocenters. The maximum Gasteiger partial charge on any atom is 0.107 e. The van der Waals surface area contributed by atoms with Crippen LogP contribution in [-0.4, -0.2) is 23.2 Å². The minimum absolute atomic E-state index is 0.138. The Balaban J connectivity index is 2.35. The summed E-state index contributed by atoms with van der Waals surface area (Å²) in [5.74, 6) is 0.516. The van der Waals surface area contributed by atoms with E-state index in [1.165, 1.54) is 5.69 Å². The number of aliphatic hydroxyl groups is 1. The van der Waals surface area contributed by atoms with Gasteiger partial charge in [0.2, 0.25) is 0 Å². The number of aromatic nitrogens is 1. The first kappa shape index (κ1) is 14.6. The van der Waals surface area contributed by atoms with Crippen LogP contribution in [0.3, 0.4) is 0 Å². The highest BCUT2D eigenvalue weighted by molar-refractivity contribution is 7.09. The van der Waals surface area contributed by atoms with E-state index < -0.39 is 0 Å². The Labute approximate surface area is 108 Å². The SMILES string of the molecule is CC(CCO)CNCc1nc(C(C)(C)C)cs1. The number of hydrogen-bond acceptors (Lipinski definition) is 4. The first-order chi connectivity index (χ1) is 7.93. The molecule has 0 aliphatic heterocycles. The van der Waals surface area contributed by atoms with Crippen LogP contribution in [0.25, 0.3) is 0 Å². The molecule has 1 aromatic heterocycles. The minimum atomic E-state index is 0.138. The van der Waals surface area contributed by atoms with Crippen molar-refractivity contribution in [1.29, 1.82) is 0 Å². The maximum atomic E-state index is 8.81. The van der Waals surface area contributed by atoms with Crippen LogP contribution in [0.2, 0.25) is 0 Å². The van der Waals surface area contributed by atoms with E-state index in [0.717, 1.165) is 24.5 Å². The number of rotatable bonds is 6. The summed E-state index contributed by atoms with van der Waals surface area (Å²) in [6.45, 7) is 10.7. The lowest BCUT2D eigenvalue weighted by Gasteiger charge is -2.14. The predicted molar refractivity (Wildman–Crippen MR) is 73.4 cm³/mol. The molecule has 1 aromatic rings. The van der Waals surface area contributed by atoms with Gasteiger partial charge in [-0.05, 0) is 18.9 Å². The lowest BCUT2D eigenvalue weighted by Crippen LogP contribution is -2.21. The highest BCUT2D eigenvalue weighted by Crippen LogP contribution is 2.23. The fourth-order valence-electron chi connectivity index (χ4n) is 1.48. The van der Waals surface area contributed by atoms with Gasteiger partial charge in [0.05, 0.1) is 5.69 Å². The van der Waals surface area contributed by atoms with Gasteiger partial charge in [0.1, 0.15) is 5.01 Å². The fourth-order valence-corrected chi connectivity index (χ4v) is 2.47. The van der Waals surface area contributed by atoms with E-state index >= 15 is 0 Å². The molecule has 0 saturated carbocycles.